The van der Waals surface area contributed by atoms with Crippen LogP contribution in [0.3, 0.4) is 0 Å². The van der Waals surface area contributed by atoms with Gasteiger partial charge in [0.15, 0.2) is 0 Å². The van der Waals surface area contributed by atoms with Crippen LogP contribution in [0.5, 0.6) is 0 Å². The zero-order chi connectivity index (χ0) is 17.2. The fraction of sp³-hybridized carbons (Fsp3) is 0.909. The number of hydrogen-bond donors (Lipinski definition) is 0. The van der Waals surface area contributed by atoms with Crippen LogP contribution in [0.4, 0.5) is 0 Å². The van der Waals surface area contributed by atoms with Gasteiger partial charge in [-0.05, 0) is 46.0 Å². The largest absolute Gasteiger partial charge is 0.236 e. The molecule has 0 bridgehead atoms. The van der Waals surface area contributed by atoms with Crippen LogP contribution in [-0.4, -0.2) is 12.1 Å². The molecule has 0 saturated heterocycles. The molecule has 137 valence electrons. The maximum absolute atomic E-state index is 4.77. The summed E-state index contributed by atoms with van der Waals surface area (Å²) >= 11 is 0. The lowest BCUT2D eigenvalue weighted by molar-refractivity contribution is 0.340. The van der Waals surface area contributed by atoms with Crippen molar-refractivity contribution in [1.29, 1.82) is 0 Å². The van der Waals surface area contributed by atoms with Crippen molar-refractivity contribution in [2.75, 3.05) is 6.54 Å². The molecule has 0 aliphatic heterocycles. The topological polar surface area (TPSA) is 14.1 Å². The van der Waals surface area contributed by atoms with Crippen molar-refractivity contribution in [2.24, 2.45) is 0 Å². The summed E-state index contributed by atoms with van der Waals surface area (Å²) in [7, 11) is 0. The first-order valence-corrected chi connectivity index (χ1v) is 10.5. The normalized spacial score (nSPS) is 12.3. The third kappa shape index (κ3) is 17.9. The van der Waals surface area contributed by atoms with E-state index in [-0.39, 0.29) is 5.54 Å². The van der Waals surface area contributed by atoms with Gasteiger partial charge in [-0.25, -0.2) is 5.32 Å². The Kier molecular flexibility index (Phi) is 16.3. The summed E-state index contributed by atoms with van der Waals surface area (Å²) in [6.07, 6.45) is 23.7. The minimum absolute atomic E-state index is 0.209. The van der Waals surface area contributed by atoms with Gasteiger partial charge in [0.1, 0.15) is 0 Å². The Hall–Kier alpha value is -0.300. The molecule has 23 heavy (non-hydrogen) atoms. The molecule has 0 saturated carbocycles. The highest BCUT2D eigenvalue weighted by Gasteiger charge is 2.16. The third-order valence-electron chi connectivity index (χ3n) is 4.56. The van der Waals surface area contributed by atoms with E-state index in [0.717, 1.165) is 6.54 Å². The van der Waals surface area contributed by atoms with Gasteiger partial charge in [0.25, 0.3) is 0 Å². The maximum atomic E-state index is 4.77. The SMILES string of the molecule is CCCC/C=C/CCCCCCCCCCC(C)(C)[N]CCC. The lowest BCUT2D eigenvalue weighted by Crippen LogP contribution is -2.33. The monoisotopic (exact) mass is 322 g/mol. The Bertz CT molecular complexity index is 255. The van der Waals surface area contributed by atoms with Crippen LogP contribution in [-0.2, 0) is 0 Å². The first kappa shape index (κ1) is 22.7. The molecule has 0 aliphatic carbocycles. The van der Waals surface area contributed by atoms with Gasteiger partial charge in [-0.3, -0.25) is 0 Å². The minimum atomic E-state index is 0.209. The van der Waals surface area contributed by atoms with Gasteiger partial charge in [0.2, 0.25) is 0 Å². The van der Waals surface area contributed by atoms with Crippen molar-refractivity contribution in [1.82, 2.24) is 5.32 Å². The summed E-state index contributed by atoms with van der Waals surface area (Å²) < 4.78 is 0. The number of hydrogen-bond acceptors (Lipinski definition) is 0. The van der Waals surface area contributed by atoms with Crippen molar-refractivity contribution in [2.45, 2.75) is 123 Å². The average Bonchev–Trinajstić information content (AvgIpc) is 2.53. The minimum Gasteiger partial charge on any atom is -0.236 e. The zero-order valence-corrected chi connectivity index (χ0v) is 16.7. The summed E-state index contributed by atoms with van der Waals surface area (Å²) in [4.78, 5) is 0. The van der Waals surface area contributed by atoms with Gasteiger partial charge in [-0.1, -0.05) is 83.8 Å². The Balaban J connectivity index is 3.23. The molecular weight excluding hydrogens is 278 g/mol. The van der Waals surface area contributed by atoms with E-state index in [1.54, 1.807) is 0 Å². The zero-order valence-electron chi connectivity index (χ0n) is 16.7. The molecule has 0 fully saturated rings. The predicted molar refractivity (Wildman–Crippen MR) is 106 cm³/mol. The number of rotatable bonds is 17. The van der Waals surface area contributed by atoms with Crippen molar-refractivity contribution in [3.8, 4) is 0 Å². The van der Waals surface area contributed by atoms with Crippen LogP contribution in [0, 0.1) is 0 Å². The molecule has 0 aromatic rings. The van der Waals surface area contributed by atoms with Gasteiger partial charge in [0.05, 0.1) is 0 Å². The van der Waals surface area contributed by atoms with Crippen LogP contribution in [0.15, 0.2) is 12.2 Å². The fourth-order valence-electron chi connectivity index (χ4n) is 2.93. The first-order valence-electron chi connectivity index (χ1n) is 10.5. The van der Waals surface area contributed by atoms with E-state index >= 15 is 0 Å². The molecule has 0 unspecified atom stereocenters. The predicted octanol–water partition coefficient (Wildman–Crippen LogP) is 7.43. The molecule has 0 heterocycles. The van der Waals surface area contributed by atoms with Crippen molar-refractivity contribution in [3.63, 3.8) is 0 Å². The summed E-state index contributed by atoms with van der Waals surface area (Å²) in [6.45, 7) is 10.1. The van der Waals surface area contributed by atoms with E-state index in [0.29, 0.717) is 0 Å². The Labute approximate surface area is 147 Å². The van der Waals surface area contributed by atoms with E-state index in [1.165, 1.54) is 89.9 Å². The molecule has 1 radical (unpaired) electrons. The second-order valence-electron chi connectivity index (χ2n) is 7.67. The standard InChI is InChI=1S/C22H44N/c1-5-7-8-9-10-11-12-13-14-15-16-17-18-19-20-22(3,4)23-21-6-2/h9-10H,5-8,11-21H2,1-4H3/b10-9+. The highest BCUT2D eigenvalue weighted by atomic mass is 14.9. The van der Waals surface area contributed by atoms with Crippen LogP contribution in [0.1, 0.15) is 118 Å². The van der Waals surface area contributed by atoms with Gasteiger partial charge >= 0.3 is 0 Å². The Morgan fingerprint density at radius 3 is 1.74 bits per heavy atom. The summed E-state index contributed by atoms with van der Waals surface area (Å²) in [5.41, 5.74) is 0.209. The Morgan fingerprint density at radius 1 is 0.652 bits per heavy atom. The van der Waals surface area contributed by atoms with Crippen LogP contribution >= 0.6 is 0 Å². The smallest absolute Gasteiger partial charge is 0.0300 e. The molecule has 1 nitrogen and oxygen atoms in total. The summed E-state index contributed by atoms with van der Waals surface area (Å²) in [5, 5.41) is 4.77. The van der Waals surface area contributed by atoms with Crippen molar-refractivity contribution < 1.29 is 0 Å². The quantitative estimate of drug-likeness (QED) is 0.195. The molecular formula is C22H44N. The second kappa shape index (κ2) is 16.6. The van der Waals surface area contributed by atoms with Crippen molar-refractivity contribution >= 4 is 0 Å². The van der Waals surface area contributed by atoms with Gasteiger partial charge in [-0.2, -0.15) is 0 Å². The van der Waals surface area contributed by atoms with E-state index < -0.39 is 0 Å². The number of nitrogens with zero attached hydrogens (tertiary/aromatic N) is 1. The average molecular weight is 323 g/mol. The lowest BCUT2D eigenvalue weighted by atomic mass is 9.95. The lowest BCUT2D eigenvalue weighted by Gasteiger charge is -2.24. The van der Waals surface area contributed by atoms with Gasteiger partial charge < -0.3 is 0 Å². The van der Waals surface area contributed by atoms with Gasteiger partial charge in [0, 0.05) is 12.1 Å². The number of allylic oxidation sites excluding steroid dienone is 2. The Morgan fingerprint density at radius 2 is 1.17 bits per heavy atom. The second-order valence-corrected chi connectivity index (χ2v) is 7.67. The van der Waals surface area contributed by atoms with Crippen LogP contribution in [0.25, 0.3) is 0 Å². The maximum Gasteiger partial charge on any atom is 0.0300 e. The van der Waals surface area contributed by atoms with E-state index in [1.807, 2.05) is 0 Å². The molecule has 0 N–H and O–H groups in total. The highest BCUT2D eigenvalue weighted by Crippen LogP contribution is 2.17. The van der Waals surface area contributed by atoms with Crippen LogP contribution in [0.2, 0.25) is 0 Å². The fourth-order valence-corrected chi connectivity index (χ4v) is 2.93. The van der Waals surface area contributed by atoms with E-state index in [2.05, 4.69) is 39.8 Å². The molecule has 0 aromatic heterocycles. The highest BCUT2D eigenvalue weighted by molar-refractivity contribution is 4.81. The van der Waals surface area contributed by atoms with Crippen LogP contribution < -0.4 is 5.32 Å². The molecule has 0 spiro atoms. The first-order chi connectivity index (χ1) is 11.1. The third-order valence-corrected chi connectivity index (χ3v) is 4.56. The van der Waals surface area contributed by atoms with E-state index in [9.17, 15) is 0 Å². The van der Waals surface area contributed by atoms with Crippen molar-refractivity contribution in [3.05, 3.63) is 12.2 Å². The molecule has 0 amide bonds. The van der Waals surface area contributed by atoms with E-state index in [4.69, 9.17) is 5.32 Å². The van der Waals surface area contributed by atoms with Gasteiger partial charge in [-0.15, -0.1) is 0 Å². The molecule has 0 aromatic carbocycles. The molecule has 1 heteroatoms. The molecule has 0 atom stereocenters. The summed E-state index contributed by atoms with van der Waals surface area (Å²) in [5.74, 6) is 0. The molecule has 0 rings (SSSR count). The molecule has 0 aliphatic rings. The number of unbranched alkanes of at least 4 members (excludes halogenated alkanes) is 10. The summed E-state index contributed by atoms with van der Waals surface area (Å²) in [6, 6.07) is 0.